The fourth-order valence-corrected chi connectivity index (χ4v) is 4.01. The molecule has 0 unspecified atom stereocenters. The van der Waals surface area contributed by atoms with Crippen LogP contribution in [0.25, 0.3) is 0 Å². The van der Waals surface area contributed by atoms with Crippen LogP contribution in [-0.4, -0.2) is 33.8 Å². The predicted molar refractivity (Wildman–Crippen MR) is 76.2 cm³/mol. The van der Waals surface area contributed by atoms with E-state index in [0.717, 1.165) is 25.7 Å². The lowest BCUT2D eigenvalue weighted by Crippen LogP contribution is -2.38. The number of benzene rings is 1. The highest BCUT2D eigenvalue weighted by atomic mass is 32.2. The molecule has 1 aliphatic rings. The molecule has 5 nitrogen and oxygen atoms in total. The van der Waals surface area contributed by atoms with Crippen molar-refractivity contribution in [1.82, 2.24) is 4.72 Å². The molecule has 2 N–H and O–H groups in total. The number of para-hydroxylation sites is 1. The van der Waals surface area contributed by atoms with Crippen LogP contribution in [0.4, 0.5) is 0 Å². The Kier molecular flexibility index (Phi) is 4.67. The van der Waals surface area contributed by atoms with Gasteiger partial charge in [0.2, 0.25) is 10.0 Å². The van der Waals surface area contributed by atoms with Gasteiger partial charge in [-0.2, -0.15) is 0 Å². The molecule has 1 fully saturated rings. The van der Waals surface area contributed by atoms with Gasteiger partial charge in [0.05, 0.1) is 7.11 Å². The van der Waals surface area contributed by atoms with E-state index in [1.54, 1.807) is 18.2 Å². The van der Waals surface area contributed by atoms with Gasteiger partial charge in [0.25, 0.3) is 0 Å². The van der Waals surface area contributed by atoms with Gasteiger partial charge >= 0.3 is 0 Å². The van der Waals surface area contributed by atoms with Crippen LogP contribution in [0.5, 0.6) is 5.75 Å². The fourth-order valence-electron chi connectivity index (χ4n) is 2.68. The van der Waals surface area contributed by atoms with Crippen molar-refractivity contribution in [2.75, 3.05) is 20.3 Å². The van der Waals surface area contributed by atoms with Crippen LogP contribution in [0.2, 0.25) is 0 Å². The van der Waals surface area contributed by atoms with Crippen molar-refractivity contribution in [3.05, 3.63) is 24.3 Å². The normalized spacial score (nSPS) is 18.1. The minimum atomic E-state index is -3.62. The van der Waals surface area contributed by atoms with Crippen molar-refractivity contribution in [3.8, 4) is 5.75 Å². The Labute approximate surface area is 120 Å². The highest BCUT2D eigenvalue weighted by Crippen LogP contribution is 2.37. The Morgan fingerprint density at radius 1 is 1.30 bits per heavy atom. The lowest BCUT2D eigenvalue weighted by atomic mass is 9.88. The lowest BCUT2D eigenvalue weighted by molar-refractivity contribution is 0.134. The zero-order valence-corrected chi connectivity index (χ0v) is 12.4. The SMILES string of the molecule is COc1ccccc1S(=O)(=O)NCC1(CO)CCCC1. The van der Waals surface area contributed by atoms with Crippen LogP contribution in [-0.2, 0) is 10.0 Å². The summed E-state index contributed by atoms with van der Waals surface area (Å²) in [5, 5.41) is 9.53. The fraction of sp³-hybridized carbons (Fsp3) is 0.571. The van der Waals surface area contributed by atoms with Crippen molar-refractivity contribution in [3.63, 3.8) is 0 Å². The third-order valence-corrected chi connectivity index (χ3v) is 5.44. The maximum Gasteiger partial charge on any atom is 0.244 e. The number of rotatable bonds is 6. The minimum Gasteiger partial charge on any atom is -0.495 e. The largest absolute Gasteiger partial charge is 0.495 e. The molecule has 0 radical (unpaired) electrons. The molecule has 0 aromatic heterocycles. The summed E-state index contributed by atoms with van der Waals surface area (Å²) < 4.78 is 32.4. The molecule has 0 spiro atoms. The highest BCUT2D eigenvalue weighted by molar-refractivity contribution is 7.89. The molecule has 6 heteroatoms. The number of sulfonamides is 1. The first-order valence-electron chi connectivity index (χ1n) is 6.77. The molecule has 1 saturated carbocycles. The van der Waals surface area contributed by atoms with Crippen molar-refractivity contribution >= 4 is 10.0 Å². The summed E-state index contributed by atoms with van der Waals surface area (Å²) >= 11 is 0. The van der Waals surface area contributed by atoms with Gasteiger partial charge in [0.15, 0.2) is 0 Å². The second kappa shape index (κ2) is 6.11. The van der Waals surface area contributed by atoms with E-state index in [1.807, 2.05) is 0 Å². The van der Waals surface area contributed by atoms with Crippen molar-refractivity contribution in [1.29, 1.82) is 0 Å². The molecule has 1 aromatic rings. The molecule has 1 aliphatic carbocycles. The van der Waals surface area contributed by atoms with Crippen LogP contribution in [0.3, 0.4) is 0 Å². The maximum atomic E-state index is 12.4. The van der Waals surface area contributed by atoms with Gasteiger partial charge < -0.3 is 9.84 Å². The Bertz CT molecular complexity index is 550. The molecule has 0 aliphatic heterocycles. The molecule has 0 bridgehead atoms. The molecule has 0 atom stereocenters. The minimum absolute atomic E-state index is 0.0153. The van der Waals surface area contributed by atoms with E-state index in [1.165, 1.54) is 13.2 Å². The van der Waals surface area contributed by atoms with Gasteiger partial charge in [-0.25, -0.2) is 13.1 Å². The van der Waals surface area contributed by atoms with E-state index in [4.69, 9.17) is 4.74 Å². The molecule has 20 heavy (non-hydrogen) atoms. The van der Waals surface area contributed by atoms with Gasteiger partial charge in [-0.3, -0.25) is 0 Å². The third kappa shape index (κ3) is 3.13. The first kappa shape index (κ1) is 15.3. The number of hydrogen-bond acceptors (Lipinski definition) is 4. The van der Waals surface area contributed by atoms with Crippen molar-refractivity contribution in [2.45, 2.75) is 30.6 Å². The molecule has 0 heterocycles. The van der Waals surface area contributed by atoms with Crippen LogP contribution >= 0.6 is 0 Å². The Morgan fingerprint density at radius 2 is 1.95 bits per heavy atom. The van der Waals surface area contributed by atoms with E-state index in [9.17, 15) is 13.5 Å². The quantitative estimate of drug-likeness (QED) is 0.835. The summed E-state index contributed by atoms with van der Waals surface area (Å²) in [5.41, 5.74) is -0.310. The lowest BCUT2D eigenvalue weighted by Gasteiger charge is -2.26. The maximum absolute atomic E-state index is 12.4. The van der Waals surface area contributed by atoms with Crippen LogP contribution < -0.4 is 9.46 Å². The van der Waals surface area contributed by atoms with Gasteiger partial charge in [0.1, 0.15) is 10.6 Å². The molecular weight excluding hydrogens is 278 g/mol. The average molecular weight is 299 g/mol. The molecule has 0 saturated heterocycles. The summed E-state index contributed by atoms with van der Waals surface area (Å²) in [7, 11) is -2.18. The van der Waals surface area contributed by atoms with E-state index in [2.05, 4.69) is 4.72 Å². The van der Waals surface area contributed by atoms with Crippen molar-refractivity contribution in [2.24, 2.45) is 5.41 Å². The van der Waals surface area contributed by atoms with Gasteiger partial charge in [-0.15, -0.1) is 0 Å². The zero-order valence-electron chi connectivity index (χ0n) is 11.6. The molecule has 112 valence electrons. The number of methoxy groups -OCH3 is 1. The number of aliphatic hydroxyl groups excluding tert-OH is 1. The van der Waals surface area contributed by atoms with Gasteiger partial charge in [-0.05, 0) is 25.0 Å². The second-order valence-corrected chi connectivity index (χ2v) is 7.08. The van der Waals surface area contributed by atoms with E-state index < -0.39 is 10.0 Å². The first-order chi connectivity index (χ1) is 9.53. The smallest absolute Gasteiger partial charge is 0.244 e. The summed E-state index contributed by atoms with van der Waals surface area (Å²) in [6, 6.07) is 6.52. The first-order valence-corrected chi connectivity index (χ1v) is 8.25. The Morgan fingerprint density at radius 3 is 2.55 bits per heavy atom. The average Bonchev–Trinajstić information content (AvgIpc) is 2.95. The zero-order chi connectivity index (χ0) is 14.6. The van der Waals surface area contributed by atoms with E-state index in [-0.39, 0.29) is 23.5 Å². The standard InChI is InChI=1S/C14H21NO4S/c1-19-12-6-2-3-7-13(12)20(17,18)15-10-14(11-16)8-4-5-9-14/h2-3,6-7,15-16H,4-5,8-11H2,1H3. The van der Waals surface area contributed by atoms with E-state index >= 15 is 0 Å². The summed E-state index contributed by atoms with van der Waals surface area (Å²) in [6.07, 6.45) is 3.80. The molecule has 1 aromatic carbocycles. The highest BCUT2D eigenvalue weighted by Gasteiger charge is 2.34. The topological polar surface area (TPSA) is 75.6 Å². The second-order valence-electron chi connectivity index (χ2n) is 5.34. The summed E-state index contributed by atoms with van der Waals surface area (Å²) in [5.74, 6) is 0.324. The number of nitrogens with one attached hydrogen (secondary N) is 1. The monoisotopic (exact) mass is 299 g/mol. The third-order valence-electron chi connectivity index (χ3n) is 4.00. The summed E-state index contributed by atoms with van der Waals surface area (Å²) in [6.45, 7) is 0.283. The van der Waals surface area contributed by atoms with Crippen LogP contribution in [0, 0.1) is 5.41 Å². The molecule has 0 amide bonds. The number of aliphatic hydroxyl groups is 1. The van der Waals surface area contributed by atoms with Crippen LogP contribution in [0.15, 0.2) is 29.2 Å². The predicted octanol–water partition coefficient (Wildman–Crippen LogP) is 1.53. The van der Waals surface area contributed by atoms with Crippen molar-refractivity contribution < 1.29 is 18.3 Å². The number of hydrogen-bond donors (Lipinski definition) is 2. The number of ether oxygens (including phenoxy) is 1. The van der Waals surface area contributed by atoms with Gasteiger partial charge in [0, 0.05) is 18.6 Å². The molecular formula is C14H21NO4S. The molecule has 2 rings (SSSR count). The Balaban J connectivity index is 2.15. The van der Waals surface area contributed by atoms with E-state index in [0.29, 0.717) is 5.75 Å². The summed E-state index contributed by atoms with van der Waals surface area (Å²) in [4.78, 5) is 0.133. The van der Waals surface area contributed by atoms with Crippen LogP contribution in [0.1, 0.15) is 25.7 Å². The van der Waals surface area contributed by atoms with Gasteiger partial charge in [-0.1, -0.05) is 25.0 Å². The Hall–Kier alpha value is -1.11.